The molecule has 0 aliphatic rings. The van der Waals surface area contributed by atoms with Crippen molar-refractivity contribution in [3.8, 4) is 0 Å². The Morgan fingerprint density at radius 3 is 1.90 bits per heavy atom. The van der Waals surface area contributed by atoms with Crippen LogP contribution in [-0.2, 0) is 0 Å². The molecule has 1 aromatic heterocycles. The maximum Gasteiger partial charge on any atom is 0.426 e. The number of aliphatic hydroxyl groups excluding tert-OH is 2. The highest BCUT2D eigenvalue weighted by Crippen LogP contribution is 2.46. The molecule has 1 aromatic rings. The van der Waals surface area contributed by atoms with E-state index >= 15 is 0 Å². The lowest BCUT2D eigenvalue weighted by atomic mass is 9.91. The van der Waals surface area contributed by atoms with E-state index in [1.54, 1.807) is 0 Å². The second-order valence-corrected chi connectivity index (χ2v) is 4.09. The summed E-state index contributed by atoms with van der Waals surface area (Å²) in [7, 11) is 0. The third-order valence-corrected chi connectivity index (χ3v) is 2.64. The SMILES string of the molecule is O[C@H](c1ccco1)[C@@H](O)CC(O)(C(F)(F)F)C(F)(F)F. The molecule has 0 saturated carbocycles. The number of furan rings is 1. The molecule has 0 amide bonds. The summed E-state index contributed by atoms with van der Waals surface area (Å²) in [4.78, 5) is 0. The zero-order valence-electron chi connectivity index (χ0n) is 9.61. The summed E-state index contributed by atoms with van der Waals surface area (Å²) in [5.74, 6) is -0.427. The Labute approximate surface area is 108 Å². The van der Waals surface area contributed by atoms with Crippen molar-refractivity contribution in [3.05, 3.63) is 24.2 Å². The molecule has 0 radical (unpaired) electrons. The van der Waals surface area contributed by atoms with Crippen LogP contribution < -0.4 is 0 Å². The summed E-state index contributed by atoms with van der Waals surface area (Å²) in [6, 6.07) is 2.26. The molecule has 1 rings (SSSR count). The van der Waals surface area contributed by atoms with Crippen molar-refractivity contribution in [3.63, 3.8) is 0 Å². The van der Waals surface area contributed by atoms with Crippen LogP contribution in [0.4, 0.5) is 26.3 Å². The molecular weight excluding hydrogens is 298 g/mol. The minimum atomic E-state index is -6.06. The van der Waals surface area contributed by atoms with Crippen molar-refractivity contribution < 1.29 is 46.1 Å². The van der Waals surface area contributed by atoms with Gasteiger partial charge in [0.15, 0.2) is 0 Å². The summed E-state index contributed by atoms with van der Waals surface area (Å²) in [6.45, 7) is 0. The fraction of sp³-hybridized carbons (Fsp3) is 0.600. The number of aliphatic hydroxyl groups is 3. The molecule has 0 aliphatic carbocycles. The highest BCUT2D eigenvalue weighted by atomic mass is 19.4. The zero-order valence-corrected chi connectivity index (χ0v) is 9.61. The van der Waals surface area contributed by atoms with Crippen LogP contribution in [0.2, 0.25) is 0 Å². The molecule has 3 N–H and O–H groups in total. The van der Waals surface area contributed by atoms with Gasteiger partial charge in [-0.25, -0.2) is 0 Å². The minimum Gasteiger partial charge on any atom is -0.466 e. The number of halogens is 6. The molecule has 20 heavy (non-hydrogen) atoms. The highest BCUT2D eigenvalue weighted by molar-refractivity contribution is 5.06. The van der Waals surface area contributed by atoms with Crippen LogP contribution in [-0.4, -0.2) is 39.4 Å². The summed E-state index contributed by atoms with van der Waals surface area (Å²) >= 11 is 0. The van der Waals surface area contributed by atoms with Gasteiger partial charge in [0.2, 0.25) is 0 Å². The lowest BCUT2D eigenvalue weighted by Gasteiger charge is -2.34. The fourth-order valence-corrected chi connectivity index (χ4v) is 1.46. The Hall–Kier alpha value is -1.26. The Bertz CT molecular complexity index is 410. The molecule has 4 nitrogen and oxygen atoms in total. The van der Waals surface area contributed by atoms with Crippen LogP contribution in [0, 0.1) is 0 Å². The maximum atomic E-state index is 12.4. The molecule has 10 heteroatoms. The van der Waals surface area contributed by atoms with Gasteiger partial charge in [0.1, 0.15) is 11.9 Å². The van der Waals surface area contributed by atoms with Gasteiger partial charge in [-0.05, 0) is 12.1 Å². The maximum absolute atomic E-state index is 12.4. The van der Waals surface area contributed by atoms with E-state index in [9.17, 15) is 36.6 Å². The Balaban J connectivity index is 2.97. The Kier molecular flexibility index (Phi) is 4.42. The van der Waals surface area contributed by atoms with E-state index in [-0.39, 0.29) is 0 Å². The standard InChI is InChI=1S/C10H10F6O4/c11-9(12,13)8(19,10(14,15)16)4-5(17)7(18)6-2-1-3-20-6/h1-3,5,7,17-19H,4H2/t5-,7-/m0/s1. The summed E-state index contributed by atoms with van der Waals surface area (Å²) < 4.78 is 78.8. The average Bonchev–Trinajstić information content (AvgIpc) is 2.77. The predicted molar refractivity (Wildman–Crippen MR) is 51.4 cm³/mol. The van der Waals surface area contributed by atoms with Crippen LogP contribution in [0.15, 0.2) is 22.8 Å². The normalized spacial score (nSPS) is 17.1. The molecule has 0 aliphatic heterocycles. The van der Waals surface area contributed by atoms with E-state index < -0.39 is 42.3 Å². The largest absolute Gasteiger partial charge is 0.466 e. The van der Waals surface area contributed by atoms with E-state index in [1.165, 1.54) is 6.07 Å². The van der Waals surface area contributed by atoms with E-state index in [0.29, 0.717) is 0 Å². The number of hydrogen-bond donors (Lipinski definition) is 3. The van der Waals surface area contributed by atoms with Crippen molar-refractivity contribution in [1.29, 1.82) is 0 Å². The third kappa shape index (κ3) is 3.07. The van der Waals surface area contributed by atoms with Crippen molar-refractivity contribution >= 4 is 0 Å². The van der Waals surface area contributed by atoms with Crippen molar-refractivity contribution in [1.82, 2.24) is 0 Å². The molecule has 2 atom stereocenters. The molecular formula is C10H10F6O4. The van der Waals surface area contributed by atoms with Crippen molar-refractivity contribution in [2.24, 2.45) is 0 Å². The van der Waals surface area contributed by atoms with Crippen LogP contribution in [0.3, 0.4) is 0 Å². The fourth-order valence-electron chi connectivity index (χ4n) is 1.46. The highest BCUT2D eigenvalue weighted by Gasteiger charge is 2.70. The first-order chi connectivity index (χ1) is 8.90. The molecule has 0 fully saturated rings. The molecule has 1 heterocycles. The zero-order chi connectivity index (χ0) is 15.8. The van der Waals surface area contributed by atoms with Crippen LogP contribution in [0.1, 0.15) is 18.3 Å². The van der Waals surface area contributed by atoms with Gasteiger partial charge in [-0.2, -0.15) is 26.3 Å². The van der Waals surface area contributed by atoms with Gasteiger partial charge in [-0.1, -0.05) is 0 Å². The molecule has 0 spiro atoms. The van der Waals surface area contributed by atoms with E-state index in [2.05, 4.69) is 4.42 Å². The second-order valence-electron chi connectivity index (χ2n) is 4.09. The van der Waals surface area contributed by atoms with Crippen LogP contribution >= 0.6 is 0 Å². The smallest absolute Gasteiger partial charge is 0.426 e. The monoisotopic (exact) mass is 308 g/mol. The van der Waals surface area contributed by atoms with Gasteiger partial charge in [0, 0.05) is 6.42 Å². The van der Waals surface area contributed by atoms with Crippen LogP contribution in [0.25, 0.3) is 0 Å². The lowest BCUT2D eigenvalue weighted by Crippen LogP contribution is -2.58. The predicted octanol–water partition coefficient (Wildman–Crippen LogP) is 1.92. The molecule has 0 aromatic carbocycles. The van der Waals surface area contributed by atoms with Crippen molar-refractivity contribution in [2.75, 3.05) is 0 Å². The van der Waals surface area contributed by atoms with E-state index in [4.69, 9.17) is 5.11 Å². The Morgan fingerprint density at radius 1 is 1.05 bits per heavy atom. The first-order valence-corrected chi connectivity index (χ1v) is 5.15. The quantitative estimate of drug-likeness (QED) is 0.743. The Morgan fingerprint density at radius 2 is 1.55 bits per heavy atom. The lowest BCUT2D eigenvalue weighted by molar-refractivity contribution is -0.375. The van der Waals surface area contributed by atoms with Crippen molar-refractivity contribution in [2.45, 2.75) is 36.6 Å². The minimum absolute atomic E-state index is 0.427. The van der Waals surface area contributed by atoms with Gasteiger partial charge in [0.05, 0.1) is 12.4 Å². The van der Waals surface area contributed by atoms with Gasteiger partial charge < -0.3 is 19.7 Å². The average molecular weight is 308 g/mol. The van der Waals surface area contributed by atoms with Gasteiger partial charge in [-0.15, -0.1) is 0 Å². The first-order valence-electron chi connectivity index (χ1n) is 5.15. The third-order valence-electron chi connectivity index (χ3n) is 2.64. The van der Waals surface area contributed by atoms with Gasteiger partial charge >= 0.3 is 12.4 Å². The molecule has 0 bridgehead atoms. The molecule has 116 valence electrons. The first kappa shape index (κ1) is 16.8. The van der Waals surface area contributed by atoms with Gasteiger partial charge in [-0.3, -0.25) is 0 Å². The molecule has 0 saturated heterocycles. The number of rotatable bonds is 4. The summed E-state index contributed by atoms with van der Waals surface area (Å²) in [5.41, 5.74) is -5.13. The molecule has 0 unspecified atom stereocenters. The number of hydrogen-bond acceptors (Lipinski definition) is 4. The van der Waals surface area contributed by atoms with Crippen LogP contribution in [0.5, 0.6) is 0 Å². The topological polar surface area (TPSA) is 73.8 Å². The summed E-state index contributed by atoms with van der Waals surface area (Å²) in [6.07, 6.45) is -18.0. The number of alkyl halides is 6. The summed E-state index contributed by atoms with van der Waals surface area (Å²) in [5, 5.41) is 27.5. The van der Waals surface area contributed by atoms with Gasteiger partial charge in [0.25, 0.3) is 5.60 Å². The second kappa shape index (κ2) is 5.26. The van der Waals surface area contributed by atoms with E-state index in [0.717, 1.165) is 12.3 Å². The van der Waals surface area contributed by atoms with E-state index in [1.807, 2.05) is 0 Å².